The molecule has 13 heavy (non-hydrogen) atoms. The number of pyridine rings is 1. The number of rotatable bonds is 3. The number of nitrogens with zero attached hydrogens (tertiary/aromatic N) is 1. The van der Waals surface area contributed by atoms with Crippen molar-refractivity contribution < 1.29 is 5.11 Å². The van der Waals surface area contributed by atoms with Crippen molar-refractivity contribution in [1.82, 2.24) is 4.98 Å². The first-order chi connectivity index (χ1) is 6.15. The molecule has 0 bridgehead atoms. The number of hydrogen-bond donors (Lipinski definition) is 2. The van der Waals surface area contributed by atoms with Crippen molar-refractivity contribution in [2.75, 3.05) is 12.3 Å². The maximum Gasteiger partial charge on any atom is 0.0650 e. The molecule has 0 aliphatic heterocycles. The van der Waals surface area contributed by atoms with Crippen LogP contribution in [-0.2, 0) is 0 Å². The van der Waals surface area contributed by atoms with Gasteiger partial charge in [-0.15, -0.1) is 11.8 Å². The van der Waals surface area contributed by atoms with Crippen LogP contribution in [0.4, 0.5) is 5.69 Å². The minimum Gasteiger partial charge on any atom is -0.397 e. The van der Waals surface area contributed by atoms with Gasteiger partial charge >= 0.3 is 0 Å². The van der Waals surface area contributed by atoms with Gasteiger partial charge in [0.05, 0.1) is 23.0 Å². The maximum atomic E-state index is 8.89. The van der Waals surface area contributed by atoms with Crippen LogP contribution < -0.4 is 5.73 Å². The van der Waals surface area contributed by atoms with Gasteiger partial charge in [0.25, 0.3) is 0 Å². The summed E-state index contributed by atoms with van der Waals surface area (Å²) >= 11 is 4.89. The highest BCUT2D eigenvalue weighted by molar-refractivity contribution is 9.10. The van der Waals surface area contributed by atoms with E-state index in [-0.39, 0.29) is 11.9 Å². The molecule has 0 aliphatic rings. The second-order valence-corrected chi connectivity index (χ2v) is 4.95. The van der Waals surface area contributed by atoms with E-state index in [1.807, 2.05) is 6.92 Å². The fourth-order valence-electron chi connectivity index (χ4n) is 0.801. The fourth-order valence-corrected chi connectivity index (χ4v) is 2.26. The summed E-state index contributed by atoms with van der Waals surface area (Å²) in [5.74, 6) is 0. The topological polar surface area (TPSA) is 59.1 Å². The van der Waals surface area contributed by atoms with Crippen molar-refractivity contribution in [3.63, 3.8) is 0 Å². The summed E-state index contributed by atoms with van der Waals surface area (Å²) in [5.41, 5.74) is 6.37. The standard InChI is InChI=1S/C8H11BrN2OS/c1-5(4-12)13-8-6(9)2-11-3-7(8)10/h2-3,5,12H,4,10H2,1H3. The van der Waals surface area contributed by atoms with Crippen LogP contribution in [0.15, 0.2) is 21.8 Å². The largest absolute Gasteiger partial charge is 0.397 e. The summed E-state index contributed by atoms with van der Waals surface area (Å²) in [5, 5.41) is 9.03. The number of nitrogen functional groups attached to an aromatic ring is 1. The fraction of sp³-hybridized carbons (Fsp3) is 0.375. The van der Waals surface area contributed by atoms with E-state index in [4.69, 9.17) is 10.8 Å². The Morgan fingerprint density at radius 3 is 2.92 bits per heavy atom. The highest BCUT2D eigenvalue weighted by atomic mass is 79.9. The molecule has 72 valence electrons. The Labute approximate surface area is 89.9 Å². The van der Waals surface area contributed by atoms with Gasteiger partial charge in [-0.05, 0) is 15.9 Å². The molecule has 1 aromatic rings. The molecule has 0 spiro atoms. The number of hydrogen-bond acceptors (Lipinski definition) is 4. The Bertz CT molecular complexity index is 275. The molecule has 5 heteroatoms. The van der Waals surface area contributed by atoms with E-state index in [1.165, 1.54) is 11.8 Å². The summed E-state index contributed by atoms with van der Waals surface area (Å²) in [6, 6.07) is 0. The van der Waals surface area contributed by atoms with Crippen LogP contribution in [0.3, 0.4) is 0 Å². The number of halogens is 1. The minimum atomic E-state index is 0.138. The molecule has 3 N–H and O–H groups in total. The molecule has 0 amide bonds. The molecule has 1 atom stereocenters. The smallest absolute Gasteiger partial charge is 0.0650 e. The van der Waals surface area contributed by atoms with Crippen LogP contribution in [0, 0.1) is 0 Å². The van der Waals surface area contributed by atoms with Gasteiger partial charge in [-0.3, -0.25) is 4.98 Å². The zero-order valence-electron chi connectivity index (χ0n) is 7.20. The molecule has 1 heterocycles. The van der Waals surface area contributed by atoms with E-state index in [0.29, 0.717) is 5.69 Å². The zero-order valence-corrected chi connectivity index (χ0v) is 9.60. The van der Waals surface area contributed by atoms with Crippen LogP contribution in [0.25, 0.3) is 0 Å². The maximum absolute atomic E-state index is 8.89. The summed E-state index contributed by atoms with van der Waals surface area (Å²) in [6.07, 6.45) is 3.31. The summed E-state index contributed by atoms with van der Waals surface area (Å²) in [4.78, 5) is 4.87. The van der Waals surface area contributed by atoms with Crippen molar-refractivity contribution >= 4 is 33.4 Å². The van der Waals surface area contributed by atoms with Gasteiger partial charge in [-0.2, -0.15) is 0 Å². The molecule has 0 aliphatic carbocycles. The number of aromatic nitrogens is 1. The Kier molecular flexibility index (Phi) is 4.02. The molecule has 3 nitrogen and oxygen atoms in total. The molecule has 0 radical (unpaired) electrons. The van der Waals surface area contributed by atoms with E-state index in [0.717, 1.165) is 9.37 Å². The van der Waals surface area contributed by atoms with E-state index in [9.17, 15) is 0 Å². The Morgan fingerprint density at radius 2 is 2.38 bits per heavy atom. The summed E-state index contributed by atoms with van der Waals surface area (Å²) < 4.78 is 0.873. The molecule has 0 saturated heterocycles. The normalized spacial score (nSPS) is 12.8. The van der Waals surface area contributed by atoms with Crippen molar-refractivity contribution in [1.29, 1.82) is 0 Å². The lowest BCUT2D eigenvalue weighted by atomic mass is 10.4. The highest BCUT2D eigenvalue weighted by Crippen LogP contribution is 2.34. The van der Waals surface area contributed by atoms with Crippen LogP contribution in [0.5, 0.6) is 0 Å². The average molecular weight is 263 g/mol. The SMILES string of the molecule is CC(CO)Sc1c(N)cncc1Br. The van der Waals surface area contributed by atoms with Gasteiger partial charge < -0.3 is 10.8 Å². The molecular weight excluding hydrogens is 252 g/mol. The quantitative estimate of drug-likeness (QED) is 0.818. The lowest BCUT2D eigenvalue weighted by molar-refractivity contribution is 0.300. The van der Waals surface area contributed by atoms with Gasteiger partial charge in [-0.25, -0.2) is 0 Å². The first-order valence-corrected chi connectivity index (χ1v) is 5.49. The average Bonchev–Trinajstić information content (AvgIpc) is 2.11. The van der Waals surface area contributed by atoms with Gasteiger partial charge in [-0.1, -0.05) is 6.92 Å². The minimum absolute atomic E-state index is 0.138. The van der Waals surface area contributed by atoms with Crippen molar-refractivity contribution in [2.24, 2.45) is 0 Å². The Hall–Kier alpha value is -0.260. The molecule has 1 rings (SSSR count). The molecule has 0 saturated carbocycles. The van der Waals surface area contributed by atoms with Crippen molar-refractivity contribution in [2.45, 2.75) is 17.1 Å². The lowest BCUT2D eigenvalue weighted by Crippen LogP contribution is -2.03. The van der Waals surface area contributed by atoms with Crippen molar-refractivity contribution in [3.8, 4) is 0 Å². The Morgan fingerprint density at radius 1 is 1.69 bits per heavy atom. The number of nitrogens with two attached hydrogens (primary N) is 1. The lowest BCUT2D eigenvalue weighted by Gasteiger charge is -2.10. The van der Waals surface area contributed by atoms with Crippen LogP contribution in [0.2, 0.25) is 0 Å². The van der Waals surface area contributed by atoms with Gasteiger partial charge in [0, 0.05) is 16.3 Å². The first kappa shape index (κ1) is 10.8. The van der Waals surface area contributed by atoms with E-state index in [1.54, 1.807) is 12.4 Å². The molecule has 0 fully saturated rings. The van der Waals surface area contributed by atoms with Crippen LogP contribution in [-0.4, -0.2) is 21.9 Å². The summed E-state index contributed by atoms with van der Waals surface area (Å²) in [7, 11) is 0. The molecular formula is C8H11BrN2OS. The van der Waals surface area contributed by atoms with Gasteiger partial charge in [0.2, 0.25) is 0 Å². The predicted molar refractivity (Wildman–Crippen MR) is 58.8 cm³/mol. The van der Waals surface area contributed by atoms with Crippen LogP contribution in [0.1, 0.15) is 6.92 Å². The third kappa shape index (κ3) is 2.86. The first-order valence-electron chi connectivity index (χ1n) is 3.81. The number of aliphatic hydroxyl groups excluding tert-OH is 1. The summed E-state index contributed by atoms with van der Waals surface area (Å²) in [6.45, 7) is 2.08. The number of anilines is 1. The molecule has 0 aromatic carbocycles. The highest BCUT2D eigenvalue weighted by Gasteiger charge is 2.09. The monoisotopic (exact) mass is 262 g/mol. The number of aliphatic hydroxyl groups is 1. The van der Waals surface area contributed by atoms with Gasteiger partial charge in [0.15, 0.2) is 0 Å². The second-order valence-electron chi connectivity index (χ2n) is 2.65. The van der Waals surface area contributed by atoms with Crippen molar-refractivity contribution in [3.05, 3.63) is 16.9 Å². The van der Waals surface area contributed by atoms with E-state index < -0.39 is 0 Å². The third-order valence-corrected chi connectivity index (χ3v) is 3.56. The number of thioether (sulfide) groups is 1. The van der Waals surface area contributed by atoms with E-state index >= 15 is 0 Å². The van der Waals surface area contributed by atoms with Crippen LogP contribution >= 0.6 is 27.7 Å². The molecule has 1 unspecified atom stereocenters. The predicted octanol–water partition coefficient (Wildman–Crippen LogP) is 1.90. The zero-order chi connectivity index (χ0) is 9.84. The Balaban J connectivity index is 2.87. The second kappa shape index (κ2) is 4.83. The van der Waals surface area contributed by atoms with E-state index in [2.05, 4.69) is 20.9 Å². The molecule has 1 aromatic heterocycles. The van der Waals surface area contributed by atoms with Gasteiger partial charge in [0.1, 0.15) is 0 Å². The third-order valence-electron chi connectivity index (χ3n) is 1.46.